The number of halogens is 3. The Kier molecular flexibility index (Phi) is 7.50. The Morgan fingerprint density at radius 3 is 2.44 bits per heavy atom. The van der Waals surface area contributed by atoms with Crippen LogP contribution in [0.2, 0.25) is 5.02 Å². The van der Waals surface area contributed by atoms with Crippen molar-refractivity contribution in [3.63, 3.8) is 0 Å². The van der Waals surface area contributed by atoms with E-state index >= 15 is 0 Å². The summed E-state index contributed by atoms with van der Waals surface area (Å²) >= 11 is 11.9. The molecule has 11 heteroatoms. The maximum absolute atomic E-state index is 14.4. The molecular formula is C25H18Cl2FN3O4S. The first kappa shape index (κ1) is 25.5. The predicted octanol–water partition coefficient (Wildman–Crippen LogP) is 6.35. The summed E-state index contributed by atoms with van der Waals surface area (Å²) in [6.07, 6.45) is 0.929. The lowest BCUT2D eigenvalue weighted by Gasteiger charge is -2.12. The van der Waals surface area contributed by atoms with Crippen molar-refractivity contribution in [1.29, 1.82) is 5.26 Å². The molecule has 0 unspecified atom stereocenters. The molecule has 0 bridgehead atoms. The van der Waals surface area contributed by atoms with Gasteiger partial charge in [0.25, 0.3) is 0 Å². The van der Waals surface area contributed by atoms with Crippen molar-refractivity contribution in [3.05, 3.63) is 77.1 Å². The number of sulfonamides is 1. The van der Waals surface area contributed by atoms with Gasteiger partial charge in [-0.05, 0) is 41.5 Å². The molecule has 0 spiro atoms. The Hall–Kier alpha value is -3.58. The molecule has 1 heterocycles. The van der Waals surface area contributed by atoms with E-state index in [0.29, 0.717) is 22.4 Å². The van der Waals surface area contributed by atoms with Gasteiger partial charge in [0, 0.05) is 17.5 Å². The lowest BCUT2D eigenvalue weighted by atomic mass is 10.0. The lowest BCUT2D eigenvalue weighted by Crippen LogP contribution is -2.12. The van der Waals surface area contributed by atoms with Crippen LogP contribution in [0.25, 0.3) is 22.0 Å². The van der Waals surface area contributed by atoms with Gasteiger partial charge in [0.05, 0.1) is 28.2 Å². The number of pyridine rings is 1. The molecule has 3 aromatic carbocycles. The zero-order valence-electron chi connectivity index (χ0n) is 18.8. The third-order valence-electron chi connectivity index (χ3n) is 4.93. The van der Waals surface area contributed by atoms with Crippen molar-refractivity contribution in [1.82, 2.24) is 4.98 Å². The van der Waals surface area contributed by atoms with Crippen LogP contribution in [0.3, 0.4) is 0 Å². The van der Waals surface area contributed by atoms with E-state index in [1.165, 1.54) is 12.1 Å². The molecule has 0 aliphatic carbocycles. The number of aromatic nitrogens is 1. The van der Waals surface area contributed by atoms with E-state index in [2.05, 4.69) is 9.71 Å². The first-order valence-corrected chi connectivity index (χ1v) is 13.3. The molecule has 36 heavy (non-hydrogen) atoms. The molecule has 1 N–H and O–H groups in total. The number of alkyl halides is 1. The van der Waals surface area contributed by atoms with E-state index in [4.69, 9.17) is 32.7 Å². The van der Waals surface area contributed by atoms with Crippen LogP contribution < -0.4 is 14.2 Å². The Morgan fingerprint density at radius 1 is 1.06 bits per heavy atom. The largest absolute Gasteiger partial charge is 0.489 e. The Balaban J connectivity index is 1.56. The fourth-order valence-corrected chi connectivity index (χ4v) is 4.26. The topological polar surface area (TPSA) is 101 Å². The fraction of sp³-hybridized carbons (Fsp3) is 0.120. The van der Waals surface area contributed by atoms with Gasteiger partial charge in [-0.3, -0.25) is 4.72 Å². The highest BCUT2D eigenvalue weighted by atomic mass is 35.5. The first-order chi connectivity index (χ1) is 17.2. The zero-order chi connectivity index (χ0) is 25.9. The summed E-state index contributed by atoms with van der Waals surface area (Å²) in [5.41, 5.74) is 2.30. The normalized spacial score (nSPS) is 11.2. The summed E-state index contributed by atoms with van der Waals surface area (Å²) in [4.78, 5) is 4.07. The van der Waals surface area contributed by atoms with Crippen LogP contribution in [-0.4, -0.2) is 32.1 Å². The first-order valence-electron chi connectivity index (χ1n) is 10.5. The SMILES string of the molecule is CS(=O)(=O)Nc1nc2ccc(-c3ccc(Oc4cc(Cl)c(OCCCl)c(C#N)c4)cc3)cc2cc1F. The minimum absolute atomic E-state index is 0.216. The summed E-state index contributed by atoms with van der Waals surface area (Å²) in [6, 6.07) is 18.7. The molecule has 4 aromatic rings. The van der Waals surface area contributed by atoms with Gasteiger partial charge in [0.1, 0.15) is 24.2 Å². The molecule has 1 aromatic heterocycles. The summed E-state index contributed by atoms with van der Waals surface area (Å²) in [7, 11) is -3.66. The van der Waals surface area contributed by atoms with Crippen molar-refractivity contribution in [2.24, 2.45) is 0 Å². The maximum atomic E-state index is 14.4. The Bertz CT molecular complexity index is 1590. The summed E-state index contributed by atoms with van der Waals surface area (Å²) in [6.45, 7) is 0.216. The van der Waals surface area contributed by atoms with Gasteiger partial charge < -0.3 is 9.47 Å². The molecule has 0 atom stereocenters. The van der Waals surface area contributed by atoms with Crippen molar-refractivity contribution >= 4 is 49.9 Å². The number of ether oxygens (including phenoxy) is 2. The number of anilines is 1. The number of nitrogens with one attached hydrogen (secondary N) is 1. The van der Waals surface area contributed by atoms with Gasteiger partial charge in [-0.2, -0.15) is 5.26 Å². The van der Waals surface area contributed by atoms with E-state index < -0.39 is 15.8 Å². The Morgan fingerprint density at radius 2 is 1.78 bits per heavy atom. The van der Waals surface area contributed by atoms with Crippen LogP contribution in [0, 0.1) is 17.1 Å². The smallest absolute Gasteiger partial charge is 0.231 e. The van der Waals surface area contributed by atoms with Gasteiger partial charge in [0.15, 0.2) is 17.4 Å². The molecule has 0 radical (unpaired) electrons. The standard InChI is InChI=1S/C25H18Cl2FN3O4S/c1-36(32,33)31-25-22(28)12-17-10-16(4-7-23(17)30-25)15-2-5-19(6-3-15)35-20-11-18(14-29)24(21(27)13-20)34-9-8-26/h2-7,10-13H,8-9H2,1H3,(H,30,31). The van der Waals surface area contributed by atoms with Gasteiger partial charge in [-0.25, -0.2) is 17.8 Å². The highest BCUT2D eigenvalue weighted by Gasteiger charge is 2.14. The predicted molar refractivity (Wildman–Crippen MR) is 138 cm³/mol. The van der Waals surface area contributed by atoms with Crippen molar-refractivity contribution in [2.75, 3.05) is 23.5 Å². The second-order valence-corrected chi connectivity index (χ2v) is 10.2. The number of hydrogen-bond acceptors (Lipinski definition) is 6. The third-order valence-corrected chi connectivity index (χ3v) is 5.93. The highest BCUT2D eigenvalue weighted by Crippen LogP contribution is 2.36. The number of fused-ring (bicyclic) bond motifs is 1. The Labute approximate surface area is 217 Å². The highest BCUT2D eigenvalue weighted by molar-refractivity contribution is 7.92. The molecule has 184 valence electrons. The van der Waals surface area contributed by atoms with Gasteiger partial charge in [0.2, 0.25) is 10.0 Å². The number of benzene rings is 3. The molecular weight excluding hydrogens is 528 g/mol. The molecule has 4 rings (SSSR count). The fourth-order valence-electron chi connectivity index (χ4n) is 3.43. The van der Waals surface area contributed by atoms with E-state index in [9.17, 15) is 18.1 Å². The number of hydrogen-bond donors (Lipinski definition) is 1. The van der Waals surface area contributed by atoms with E-state index in [0.717, 1.165) is 17.4 Å². The third kappa shape index (κ3) is 5.97. The van der Waals surface area contributed by atoms with Gasteiger partial charge in [-0.1, -0.05) is 29.8 Å². The molecule has 0 saturated heterocycles. The average molecular weight is 546 g/mol. The summed E-state index contributed by atoms with van der Waals surface area (Å²) in [5.74, 6) is 0.270. The van der Waals surface area contributed by atoms with Crippen molar-refractivity contribution in [3.8, 4) is 34.4 Å². The number of nitriles is 1. The van der Waals surface area contributed by atoms with Crippen LogP contribution in [0.5, 0.6) is 17.2 Å². The summed E-state index contributed by atoms with van der Waals surface area (Å²) in [5, 5.41) is 10.2. The number of nitrogens with zero attached hydrogens (tertiary/aromatic N) is 2. The molecule has 0 aliphatic heterocycles. The van der Waals surface area contributed by atoms with Crippen LogP contribution in [0.4, 0.5) is 10.2 Å². The maximum Gasteiger partial charge on any atom is 0.231 e. The second-order valence-electron chi connectivity index (χ2n) is 7.66. The minimum atomic E-state index is -3.66. The minimum Gasteiger partial charge on any atom is -0.489 e. The summed E-state index contributed by atoms with van der Waals surface area (Å²) < 4.78 is 50.6. The van der Waals surface area contributed by atoms with Crippen LogP contribution >= 0.6 is 23.2 Å². The molecule has 0 fully saturated rings. The quantitative estimate of drug-likeness (QED) is 0.259. The van der Waals surface area contributed by atoms with Crippen molar-refractivity contribution in [2.45, 2.75) is 0 Å². The van der Waals surface area contributed by atoms with Crippen LogP contribution in [-0.2, 0) is 10.0 Å². The van der Waals surface area contributed by atoms with Gasteiger partial charge >= 0.3 is 0 Å². The van der Waals surface area contributed by atoms with E-state index in [1.54, 1.807) is 36.4 Å². The van der Waals surface area contributed by atoms with Gasteiger partial charge in [-0.15, -0.1) is 11.6 Å². The average Bonchev–Trinajstić information content (AvgIpc) is 2.83. The van der Waals surface area contributed by atoms with E-state index in [1.807, 2.05) is 18.2 Å². The molecule has 0 amide bonds. The van der Waals surface area contributed by atoms with Crippen LogP contribution in [0.1, 0.15) is 5.56 Å². The molecule has 7 nitrogen and oxygen atoms in total. The van der Waals surface area contributed by atoms with Crippen LogP contribution in [0.15, 0.2) is 60.7 Å². The van der Waals surface area contributed by atoms with E-state index in [-0.39, 0.29) is 34.6 Å². The monoisotopic (exact) mass is 545 g/mol. The number of rotatable bonds is 8. The lowest BCUT2D eigenvalue weighted by molar-refractivity contribution is 0.341. The zero-order valence-corrected chi connectivity index (χ0v) is 21.1. The molecule has 0 aliphatic rings. The van der Waals surface area contributed by atoms with Crippen molar-refractivity contribution < 1.29 is 22.3 Å². The molecule has 0 saturated carbocycles. The second kappa shape index (κ2) is 10.6.